The maximum Gasteiger partial charge on any atom is 0.123 e. The van der Waals surface area contributed by atoms with Gasteiger partial charge in [0, 0.05) is 10.5 Å². The van der Waals surface area contributed by atoms with E-state index in [1.807, 2.05) is 54.8 Å². The molecular weight excluding hydrogens is 400 g/mol. The van der Waals surface area contributed by atoms with Crippen LogP contribution in [-0.4, -0.2) is 5.71 Å². The minimum Gasteiger partial charge on any atom is -0.248 e. The molecule has 0 aliphatic heterocycles. The van der Waals surface area contributed by atoms with Crippen molar-refractivity contribution in [3.8, 4) is 0 Å². The van der Waals surface area contributed by atoms with E-state index in [0.29, 0.717) is 15.8 Å². The summed E-state index contributed by atoms with van der Waals surface area (Å²) in [6.07, 6.45) is 1.88. The number of hydrogen-bond acceptors (Lipinski definition) is 2. The molecule has 0 N–H and O–H groups in total. The van der Waals surface area contributed by atoms with Gasteiger partial charge in [0.1, 0.15) is 5.82 Å². The highest BCUT2D eigenvalue weighted by Gasteiger charge is 2.09. The largest absolute Gasteiger partial charge is 0.248 e. The number of thioether (sulfide) groups is 1. The van der Waals surface area contributed by atoms with Crippen LogP contribution in [0.4, 0.5) is 10.1 Å². The summed E-state index contributed by atoms with van der Waals surface area (Å²) in [6.45, 7) is 2.03. The van der Waals surface area contributed by atoms with Crippen molar-refractivity contribution in [1.29, 1.82) is 0 Å². The van der Waals surface area contributed by atoms with Gasteiger partial charge in [0.2, 0.25) is 0 Å². The Hall–Kier alpha value is -2.07. The molecule has 1 nitrogen and oxygen atoms in total. The predicted octanol–water partition coefficient (Wildman–Crippen LogP) is 7.87. The van der Waals surface area contributed by atoms with Crippen LogP contribution in [0.1, 0.15) is 11.1 Å². The highest BCUT2D eigenvalue weighted by atomic mass is 35.5. The van der Waals surface area contributed by atoms with Crippen LogP contribution in [0.3, 0.4) is 0 Å². The van der Waals surface area contributed by atoms with Crippen LogP contribution >= 0.6 is 35.0 Å². The molecule has 136 valence electrons. The zero-order valence-corrected chi connectivity index (χ0v) is 16.8. The molecule has 0 aliphatic carbocycles. The number of benzene rings is 3. The second kappa shape index (κ2) is 9.23. The molecule has 3 rings (SSSR count). The van der Waals surface area contributed by atoms with Gasteiger partial charge >= 0.3 is 0 Å². The minimum absolute atomic E-state index is 0.254. The lowest BCUT2D eigenvalue weighted by molar-refractivity contribution is 0.626. The van der Waals surface area contributed by atoms with E-state index in [0.717, 1.165) is 16.1 Å². The first-order chi connectivity index (χ1) is 13.0. The molecule has 0 spiro atoms. The Balaban J connectivity index is 1.94. The van der Waals surface area contributed by atoms with E-state index in [9.17, 15) is 4.39 Å². The van der Waals surface area contributed by atoms with E-state index in [1.54, 1.807) is 18.2 Å². The standard InChI is InChI=1S/C22H16Cl2FNS/c1-15-5-9-17(10-6-15)26-21(19-3-2-4-20(23)22(19)24)13-14-27-18-11-7-16(25)8-12-18/h2-14H,1H3. The number of rotatable bonds is 5. The van der Waals surface area contributed by atoms with Gasteiger partial charge in [-0.05, 0) is 60.9 Å². The molecule has 0 saturated heterocycles. The van der Waals surface area contributed by atoms with Gasteiger partial charge in [-0.3, -0.25) is 0 Å². The summed E-state index contributed by atoms with van der Waals surface area (Å²) in [5.74, 6) is -0.254. The van der Waals surface area contributed by atoms with Crippen molar-refractivity contribution in [2.45, 2.75) is 11.8 Å². The Morgan fingerprint density at radius 3 is 2.37 bits per heavy atom. The quantitative estimate of drug-likeness (QED) is 0.305. The molecule has 0 bridgehead atoms. The zero-order chi connectivity index (χ0) is 19.2. The molecular formula is C22H16Cl2FNS. The fraction of sp³-hybridized carbons (Fsp3) is 0.0455. The fourth-order valence-electron chi connectivity index (χ4n) is 2.34. The molecule has 5 heteroatoms. The summed E-state index contributed by atoms with van der Waals surface area (Å²) in [5, 5.41) is 2.84. The third-order valence-electron chi connectivity index (χ3n) is 3.75. The van der Waals surface area contributed by atoms with Crippen LogP contribution in [0.15, 0.2) is 88.1 Å². The van der Waals surface area contributed by atoms with E-state index in [2.05, 4.69) is 0 Å². The number of aryl methyl sites for hydroxylation is 1. The topological polar surface area (TPSA) is 12.4 Å². The van der Waals surface area contributed by atoms with Gasteiger partial charge in [0.25, 0.3) is 0 Å². The average molecular weight is 416 g/mol. The van der Waals surface area contributed by atoms with Crippen LogP contribution in [0.25, 0.3) is 0 Å². The van der Waals surface area contributed by atoms with Crippen LogP contribution in [-0.2, 0) is 0 Å². The summed E-state index contributed by atoms with van der Waals surface area (Å²) in [7, 11) is 0. The van der Waals surface area contributed by atoms with Gasteiger partial charge in [-0.15, -0.1) is 0 Å². The number of halogens is 3. The lowest BCUT2D eigenvalue weighted by atomic mass is 10.1. The normalized spacial score (nSPS) is 11.9. The third kappa shape index (κ3) is 5.46. The summed E-state index contributed by atoms with van der Waals surface area (Å²) < 4.78 is 13.0. The zero-order valence-electron chi connectivity index (χ0n) is 14.5. The molecule has 0 aromatic heterocycles. The van der Waals surface area contributed by atoms with E-state index < -0.39 is 0 Å². The third-order valence-corrected chi connectivity index (χ3v) is 5.39. The Labute approximate surface area is 172 Å². The molecule has 0 amide bonds. The smallest absolute Gasteiger partial charge is 0.123 e. The first-order valence-corrected chi connectivity index (χ1v) is 9.85. The van der Waals surface area contributed by atoms with E-state index >= 15 is 0 Å². The van der Waals surface area contributed by atoms with Crippen LogP contribution in [0.2, 0.25) is 10.0 Å². The Bertz CT molecular complexity index is 980. The molecule has 0 saturated carbocycles. The number of hydrogen-bond donors (Lipinski definition) is 0. The maximum absolute atomic E-state index is 13.0. The first kappa shape index (κ1) is 19.7. The van der Waals surface area contributed by atoms with Crippen molar-refractivity contribution >= 4 is 46.4 Å². The Morgan fingerprint density at radius 2 is 1.67 bits per heavy atom. The molecule has 0 aliphatic rings. The summed E-state index contributed by atoms with van der Waals surface area (Å²) in [6, 6.07) is 19.7. The van der Waals surface area contributed by atoms with Gasteiger partial charge in [-0.25, -0.2) is 9.38 Å². The molecule has 27 heavy (non-hydrogen) atoms. The van der Waals surface area contributed by atoms with Crippen molar-refractivity contribution < 1.29 is 4.39 Å². The number of aliphatic imine (C=N–C) groups is 1. The van der Waals surface area contributed by atoms with E-state index in [1.165, 1.54) is 29.5 Å². The highest BCUT2D eigenvalue weighted by Crippen LogP contribution is 2.28. The van der Waals surface area contributed by atoms with Crippen molar-refractivity contribution in [3.05, 3.63) is 105 Å². The van der Waals surface area contributed by atoms with E-state index in [-0.39, 0.29) is 5.82 Å². The molecule has 3 aromatic rings. The first-order valence-electron chi connectivity index (χ1n) is 8.21. The minimum atomic E-state index is -0.254. The summed E-state index contributed by atoms with van der Waals surface area (Å²) in [5.41, 5.74) is 3.43. The maximum atomic E-state index is 13.0. The van der Waals surface area contributed by atoms with E-state index in [4.69, 9.17) is 28.2 Å². The predicted molar refractivity (Wildman–Crippen MR) is 115 cm³/mol. The summed E-state index contributed by atoms with van der Waals surface area (Å²) in [4.78, 5) is 5.66. The van der Waals surface area contributed by atoms with Crippen molar-refractivity contribution in [2.24, 2.45) is 4.99 Å². The molecule has 0 fully saturated rings. The summed E-state index contributed by atoms with van der Waals surface area (Å²) >= 11 is 14.0. The van der Waals surface area contributed by atoms with Crippen LogP contribution in [0, 0.1) is 12.7 Å². The van der Waals surface area contributed by atoms with Gasteiger partial charge in [-0.1, -0.05) is 64.8 Å². The van der Waals surface area contributed by atoms with Gasteiger partial charge in [0.05, 0.1) is 21.4 Å². The van der Waals surface area contributed by atoms with Crippen LogP contribution < -0.4 is 0 Å². The molecule has 3 aromatic carbocycles. The SMILES string of the molecule is Cc1ccc(N=C(C=CSc2ccc(F)cc2)c2cccc(Cl)c2Cl)cc1. The second-order valence-corrected chi connectivity index (χ2v) is 7.57. The lowest BCUT2D eigenvalue weighted by Gasteiger charge is -2.07. The second-order valence-electron chi connectivity index (χ2n) is 5.81. The van der Waals surface area contributed by atoms with Gasteiger partial charge < -0.3 is 0 Å². The number of nitrogens with zero attached hydrogens (tertiary/aromatic N) is 1. The Kier molecular flexibility index (Phi) is 6.73. The fourth-order valence-corrected chi connectivity index (χ4v) is 3.38. The molecule has 0 heterocycles. The number of allylic oxidation sites excluding steroid dienone is 1. The highest BCUT2D eigenvalue weighted by molar-refractivity contribution is 8.02. The molecule has 0 unspecified atom stereocenters. The molecule has 0 atom stereocenters. The average Bonchev–Trinajstić information content (AvgIpc) is 2.66. The van der Waals surface area contributed by atoms with Crippen molar-refractivity contribution in [3.63, 3.8) is 0 Å². The van der Waals surface area contributed by atoms with Gasteiger partial charge in [-0.2, -0.15) is 0 Å². The molecule has 0 radical (unpaired) electrons. The van der Waals surface area contributed by atoms with Crippen LogP contribution in [0.5, 0.6) is 0 Å². The monoisotopic (exact) mass is 415 g/mol. The van der Waals surface area contributed by atoms with Gasteiger partial charge in [0.15, 0.2) is 0 Å². The lowest BCUT2D eigenvalue weighted by Crippen LogP contribution is -1.98. The Morgan fingerprint density at radius 1 is 0.963 bits per heavy atom. The van der Waals surface area contributed by atoms with Crippen molar-refractivity contribution in [2.75, 3.05) is 0 Å². The van der Waals surface area contributed by atoms with Crippen molar-refractivity contribution in [1.82, 2.24) is 0 Å².